The summed E-state index contributed by atoms with van der Waals surface area (Å²) in [4.78, 5) is 23.7. The second kappa shape index (κ2) is 5.13. The fraction of sp³-hybridized carbons (Fsp3) is 0.467. The molecule has 1 aromatic carbocycles. The lowest BCUT2D eigenvalue weighted by atomic mass is 9.98. The number of rotatable bonds is 4. The minimum Gasteiger partial charge on any atom is -0.479 e. The highest BCUT2D eigenvalue weighted by Gasteiger charge is 2.49. The molecule has 2 N–H and O–H groups in total. The maximum Gasteiger partial charge on any atom is 0.330 e. The molecule has 106 valence electrons. The molecule has 3 atom stereocenters. The van der Waals surface area contributed by atoms with Crippen LogP contribution in [0.5, 0.6) is 0 Å². The maximum atomic E-state index is 12.3. The molecule has 2 aliphatic rings. The molecule has 1 aromatic rings. The highest BCUT2D eigenvalue weighted by Crippen LogP contribution is 2.48. The molecule has 5 heteroatoms. The molecule has 2 fully saturated rings. The van der Waals surface area contributed by atoms with Gasteiger partial charge in [-0.1, -0.05) is 30.3 Å². The molecule has 3 unspecified atom stereocenters. The van der Waals surface area contributed by atoms with Crippen LogP contribution in [-0.2, 0) is 9.59 Å². The second-order valence-electron chi connectivity index (χ2n) is 5.54. The summed E-state index contributed by atoms with van der Waals surface area (Å²) in [5.74, 6) is 0.419. The van der Waals surface area contributed by atoms with Crippen molar-refractivity contribution in [2.24, 2.45) is 5.92 Å². The van der Waals surface area contributed by atoms with Crippen LogP contribution in [0.4, 0.5) is 0 Å². The number of amides is 1. The third-order valence-corrected chi connectivity index (χ3v) is 5.34. The van der Waals surface area contributed by atoms with E-state index in [2.05, 4.69) is 5.32 Å². The van der Waals surface area contributed by atoms with Crippen LogP contribution >= 0.6 is 11.8 Å². The van der Waals surface area contributed by atoms with Crippen LogP contribution in [0.25, 0.3) is 0 Å². The quantitative estimate of drug-likeness (QED) is 0.888. The van der Waals surface area contributed by atoms with Crippen LogP contribution in [0, 0.1) is 5.92 Å². The van der Waals surface area contributed by atoms with Gasteiger partial charge in [0.2, 0.25) is 5.91 Å². The van der Waals surface area contributed by atoms with Crippen LogP contribution in [0.15, 0.2) is 30.3 Å². The van der Waals surface area contributed by atoms with Crippen LogP contribution in [0.1, 0.15) is 24.3 Å². The summed E-state index contributed by atoms with van der Waals surface area (Å²) in [6, 6.07) is 9.94. The molecule has 1 saturated heterocycles. The van der Waals surface area contributed by atoms with Crippen molar-refractivity contribution in [2.45, 2.75) is 24.3 Å². The van der Waals surface area contributed by atoms with Gasteiger partial charge < -0.3 is 10.4 Å². The van der Waals surface area contributed by atoms with Crippen LogP contribution in [-0.4, -0.2) is 34.0 Å². The zero-order chi connectivity index (χ0) is 14.2. The lowest BCUT2D eigenvalue weighted by Crippen LogP contribution is -2.55. The van der Waals surface area contributed by atoms with Crippen molar-refractivity contribution < 1.29 is 14.7 Å². The Morgan fingerprint density at radius 1 is 1.30 bits per heavy atom. The third kappa shape index (κ3) is 2.42. The number of carboxylic acids is 1. The zero-order valence-electron chi connectivity index (χ0n) is 11.0. The van der Waals surface area contributed by atoms with Crippen LogP contribution in [0.2, 0.25) is 0 Å². The van der Waals surface area contributed by atoms with Gasteiger partial charge in [0.05, 0.1) is 0 Å². The summed E-state index contributed by atoms with van der Waals surface area (Å²) in [6.07, 6.45) is 1.33. The molecule has 20 heavy (non-hydrogen) atoms. The number of thioether (sulfide) groups is 1. The Labute approximate surface area is 121 Å². The molecule has 1 saturated carbocycles. The van der Waals surface area contributed by atoms with Gasteiger partial charge in [-0.15, -0.1) is 0 Å². The van der Waals surface area contributed by atoms with E-state index < -0.39 is 11.5 Å². The Morgan fingerprint density at radius 3 is 2.65 bits per heavy atom. The van der Waals surface area contributed by atoms with Crippen LogP contribution < -0.4 is 5.32 Å². The van der Waals surface area contributed by atoms with Crippen molar-refractivity contribution >= 4 is 23.6 Å². The van der Waals surface area contributed by atoms with Gasteiger partial charge in [0.1, 0.15) is 5.54 Å². The molecular formula is C15H17NO3S. The summed E-state index contributed by atoms with van der Waals surface area (Å²) in [6.45, 7) is 0. The first-order valence-electron chi connectivity index (χ1n) is 6.80. The van der Waals surface area contributed by atoms with Crippen molar-refractivity contribution in [3.05, 3.63) is 35.9 Å². The van der Waals surface area contributed by atoms with E-state index in [0.29, 0.717) is 12.2 Å². The number of aliphatic carboxylic acids is 1. The average Bonchev–Trinajstić information content (AvgIpc) is 3.12. The first-order valence-corrected chi connectivity index (χ1v) is 7.96. The first-order chi connectivity index (χ1) is 9.62. The molecule has 1 heterocycles. The summed E-state index contributed by atoms with van der Waals surface area (Å²) in [5.41, 5.74) is 0.115. The third-order valence-electron chi connectivity index (χ3n) is 4.15. The van der Waals surface area contributed by atoms with E-state index in [9.17, 15) is 14.7 Å². The minimum absolute atomic E-state index is 0.0702. The number of carboxylic acid groups (broad SMARTS) is 1. The fourth-order valence-corrected chi connectivity index (χ4v) is 4.09. The number of hydrogen-bond donors (Lipinski definition) is 2. The van der Waals surface area contributed by atoms with Gasteiger partial charge >= 0.3 is 5.97 Å². The topological polar surface area (TPSA) is 66.4 Å². The van der Waals surface area contributed by atoms with E-state index in [1.807, 2.05) is 30.3 Å². The van der Waals surface area contributed by atoms with Crippen molar-refractivity contribution in [1.29, 1.82) is 0 Å². The average molecular weight is 291 g/mol. The normalized spacial score (nSPS) is 31.8. The van der Waals surface area contributed by atoms with Gasteiger partial charge in [0, 0.05) is 11.7 Å². The summed E-state index contributed by atoms with van der Waals surface area (Å²) in [7, 11) is 0. The lowest BCUT2D eigenvalue weighted by Gasteiger charge is -2.24. The number of hydrogen-bond acceptors (Lipinski definition) is 3. The Kier molecular flexibility index (Phi) is 3.46. The van der Waals surface area contributed by atoms with Crippen molar-refractivity contribution in [1.82, 2.24) is 5.32 Å². The largest absolute Gasteiger partial charge is 0.479 e. The molecular weight excluding hydrogens is 274 g/mol. The Balaban J connectivity index is 1.65. The lowest BCUT2D eigenvalue weighted by molar-refractivity contribution is -0.146. The summed E-state index contributed by atoms with van der Waals surface area (Å²) >= 11 is 1.59. The van der Waals surface area contributed by atoms with E-state index in [4.69, 9.17) is 0 Å². The van der Waals surface area contributed by atoms with Crippen molar-refractivity contribution in [2.75, 3.05) is 11.5 Å². The van der Waals surface area contributed by atoms with Crippen molar-refractivity contribution in [3.63, 3.8) is 0 Å². The summed E-state index contributed by atoms with van der Waals surface area (Å²) < 4.78 is 0. The van der Waals surface area contributed by atoms with Crippen LogP contribution in [0.3, 0.4) is 0 Å². The number of carbonyl (C=O) groups is 2. The smallest absolute Gasteiger partial charge is 0.330 e. The SMILES string of the molecule is O=C(NC1(C(=O)O)CCSC1)C1CC1c1ccccc1. The fourth-order valence-electron chi connectivity index (χ4n) is 2.77. The van der Waals surface area contributed by atoms with Gasteiger partial charge in [-0.3, -0.25) is 4.79 Å². The minimum atomic E-state index is -1.05. The predicted octanol–water partition coefficient (Wildman–Crippen LogP) is 1.87. The predicted molar refractivity (Wildman–Crippen MR) is 77.7 cm³/mol. The van der Waals surface area contributed by atoms with E-state index in [1.165, 1.54) is 0 Å². The van der Waals surface area contributed by atoms with Gasteiger partial charge in [0.25, 0.3) is 0 Å². The molecule has 1 aliphatic carbocycles. The summed E-state index contributed by atoms with van der Waals surface area (Å²) in [5, 5.41) is 12.2. The maximum absolute atomic E-state index is 12.3. The van der Waals surface area contributed by atoms with E-state index in [1.54, 1.807) is 11.8 Å². The molecule has 0 aromatic heterocycles. The molecule has 0 spiro atoms. The number of carbonyl (C=O) groups excluding carboxylic acids is 1. The Bertz CT molecular complexity index is 525. The molecule has 3 rings (SSSR count). The van der Waals surface area contributed by atoms with E-state index >= 15 is 0 Å². The Morgan fingerprint density at radius 2 is 2.05 bits per heavy atom. The van der Waals surface area contributed by atoms with Gasteiger partial charge in [-0.2, -0.15) is 11.8 Å². The molecule has 0 radical (unpaired) electrons. The zero-order valence-corrected chi connectivity index (χ0v) is 11.9. The molecule has 0 bridgehead atoms. The number of benzene rings is 1. The standard InChI is InChI=1S/C15H17NO3S/c17-13(16-15(14(18)19)6-7-20-9-15)12-8-11(12)10-4-2-1-3-5-10/h1-5,11-12H,6-9H2,(H,16,17)(H,18,19). The van der Waals surface area contributed by atoms with Crippen molar-refractivity contribution in [3.8, 4) is 0 Å². The van der Waals surface area contributed by atoms with E-state index in [0.717, 1.165) is 17.7 Å². The molecule has 1 aliphatic heterocycles. The highest BCUT2D eigenvalue weighted by atomic mass is 32.2. The van der Waals surface area contributed by atoms with Gasteiger partial charge in [-0.25, -0.2) is 4.79 Å². The molecule has 1 amide bonds. The Hall–Kier alpha value is -1.49. The second-order valence-corrected chi connectivity index (χ2v) is 6.64. The number of nitrogens with one attached hydrogen (secondary N) is 1. The highest BCUT2D eigenvalue weighted by molar-refractivity contribution is 7.99. The first kappa shape index (κ1) is 13.5. The monoisotopic (exact) mass is 291 g/mol. The van der Waals surface area contributed by atoms with E-state index in [-0.39, 0.29) is 17.7 Å². The van der Waals surface area contributed by atoms with Gasteiger partial charge in [-0.05, 0) is 30.1 Å². The molecule has 4 nitrogen and oxygen atoms in total. The van der Waals surface area contributed by atoms with Gasteiger partial charge in [0.15, 0.2) is 0 Å².